The van der Waals surface area contributed by atoms with Crippen molar-refractivity contribution in [1.29, 1.82) is 0 Å². The number of aryl methyl sites for hydroxylation is 1. The molecule has 2 aliphatic rings. The van der Waals surface area contributed by atoms with E-state index in [1.165, 1.54) is 25.3 Å². The van der Waals surface area contributed by atoms with E-state index in [1.54, 1.807) is 13.0 Å². The molecule has 6 nitrogen and oxygen atoms in total. The molecule has 0 saturated carbocycles. The van der Waals surface area contributed by atoms with E-state index in [-0.39, 0.29) is 5.69 Å². The van der Waals surface area contributed by atoms with Gasteiger partial charge in [0.25, 0.3) is 0 Å². The summed E-state index contributed by atoms with van der Waals surface area (Å²) in [6, 6.07) is 12.5. The molecule has 1 N–H and O–H groups in total. The Morgan fingerprint density at radius 3 is 2.41 bits per heavy atom. The van der Waals surface area contributed by atoms with Gasteiger partial charge in [0, 0.05) is 6.04 Å². The number of carbonyl (C=O) groups is 3. The average molecular weight is 396 g/mol. The van der Waals surface area contributed by atoms with Gasteiger partial charge < -0.3 is 4.74 Å². The molecule has 0 aromatic heterocycles. The number of anilines is 1. The van der Waals surface area contributed by atoms with Crippen LogP contribution in [0.2, 0.25) is 0 Å². The molecule has 0 spiro atoms. The monoisotopic (exact) mass is 396 g/mol. The maximum Gasteiger partial charge on any atom is 0.326 e. The van der Waals surface area contributed by atoms with Gasteiger partial charge in [-0.3, -0.25) is 19.7 Å². The Hall–Kier alpha value is -3.06. The zero-order valence-electron chi connectivity index (χ0n) is 16.3. The maximum absolute atomic E-state index is 14.4. The Balaban J connectivity index is 1.87. The lowest BCUT2D eigenvalue weighted by atomic mass is 9.80. The molecule has 2 heterocycles. The third kappa shape index (κ3) is 2.68. The summed E-state index contributed by atoms with van der Waals surface area (Å²) >= 11 is 0. The molecule has 4 atom stereocenters. The average Bonchev–Trinajstić information content (AvgIpc) is 3.16. The second-order valence-corrected chi connectivity index (χ2v) is 7.64. The highest BCUT2D eigenvalue weighted by molar-refractivity contribution is 6.24. The highest BCUT2D eigenvalue weighted by atomic mass is 19.1. The predicted molar refractivity (Wildman–Crippen MR) is 103 cm³/mol. The third-order valence-electron chi connectivity index (χ3n) is 6.01. The number of methoxy groups -OCH3 is 1. The SMILES string of the molecule is COC(=O)[C@@]1(C)N[C@@H](c2ccccc2C)[C@@H]2C(=O)N(c3ccccc3F)C(=O)[C@H]21. The fraction of sp³-hybridized carbons (Fsp3) is 0.318. The van der Waals surface area contributed by atoms with Gasteiger partial charge in [0.15, 0.2) is 0 Å². The van der Waals surface area contributed by atoms with E-state index in [4.69, 9.17) is 4.74 Å². The predicted octanol–water partition coefficient (Wildman–Crippen LogP) is 2.52. The van der Waals surface area contributed by atoms with Crippen LogP contribution in [0.25, 0.3) is 0 Å². The lowest BCUT2D eigenvalue weighted by Gasteiger charge is -2.29. The standard InChI is InChI=1S/C22H21FN2O4/c1-12-8-4-5-9-13(12)18-16-17(22(2,24-18)21(28)29-3)20(27)25(19(16)26)15-11-7-6-10-14(15)23/h4-11,16-18,24H,1-3H3/t16-,17+,18+,22+/m1/s1. The van der Waals surface area contributed by atoms with Crippen molar-refractivity contribution in [3.05, 3.63) is 65.5 Å². The fourth-order valence-electron chi connectivity index (χ4n) is 4.61. The van der Waals surface area contributed by atoms with Gasteiger partial charge in [-0.25, -0.2) is 9.29 Å². The smallest absolute Gasteiger partial charge is 0.326 e. The first kappa shape index (κ1) is 19.3. The van der Waals surface area contributed by atoms with Crippen molar-refractivity contribution in [1.82, 2.24) is 5.32 Å². The molecule has 2 aliphatic heterocycles. The van der Waals surface area contributed by atoms with E-state index in [2.05, 4.69) is 5.32 Å². The summed E-state index contributed by atoms with van der Waals surface area (Å²) in [6.45, 7) is 3.46. The van der Waals surface area contributed by atoms with Crippen LogP contribution in [-0.4, -0.2) is 30.4 Å². The second kappa shape index (κ2) is 6.77. The van der Waals surface area contributed by atoms with Crippen molar-refractivity contribution in [3.8, 4) is 0 Å². The molecule has 4 rings (SSSR count). The number of halogens is 1. The van der Waals surface area contributed by atoms with E-state index in [0.717, 1.165) is 16.0 Å². The van der Waals surface area contributed by atoms with Crippen molar-refractivity contribution < 1.29 is 23.5 Å². The summed E-state index contributed by atoms with van der Waals surface area (Å²) in [5, 5.41) is 3.19. The number of nitrogens with zero attached hydrogens (tertiary/aromatic N) is 1. The number of para-hydroxylation sites is 1. The van der Waals surface area contributed by atoms with Crippen LogP contribution in [0.15, 0.2) is 48.5 Å². The molecular weight excluding hydrogens is 375 g/mol. The van der Waals surface area contributed by atoms with Crippen LogP contribution < -0.4 is 10.2 Å². The van der Waals surface area contributed by atoms with Crippen LogP contribution in [0.4, 0.5) is 10.1 Å². The molecule has 0 bridgehead atoms. The van der Waals surface area contributed by atoms with Crippen LogP contribution in [0, 0.1) is 24.6 Å². The van der Waals surface area contributed by atoms with E-state index in [0.29, 0.717) is 0 Å². The van der Waals surface area contributed by atoms with Crippen molar-refractivity contribution in [3.63, 3.8) is 0 Å². The Labute approximate surface area is 167 Å². The lowest BCUT2D eigenvalue weighted by molar-refractivity contribution is -0.151. The first-order valence-electron chi connectivity index (χ1n) is 9.35. The summed E-state index contributed by atoms with van der Waals surface area (Å²) in [6.07, 6.45) is 0. The number of benzene rings is 2. The molecule has 7 heteroatoms. The number of fused-ring (bicyclic) bond motifs is 1. The Bertz CT molecular complexity index is 1020. The largest absolute Gasteiger partial charge is 0.468 e. The van der Waals surface area contributed by atoms with Crippen LogP contribution in [0.3, 0.4) is 0 Å². The zero-order valence-corrected chi connectivity index (χ0v) is 16.3. The number of rotatable bonds is 3. The maximum atomic E-state index is 14.4. The van der Waals surface area contributed by atoms with Crippen LogP contribution in [-0.2, 0) is 19.1 Å². The highest BCUT2D eigenvalue weighted by Gasteiger charge is 2.67. The Morgan fingerprint density at radius 2 is 1.76 bits per heavy atom. The van der Waals surface area contributed by atoms with Gasteiger partial charge in [-0.15, -0.1) is 0 Å². The van der Waals surface area contributed by atoms with E-state index in [1.807, 2.05) is 31.2 Å². The molecule has 2 aromatic carbocycles. The normalized spacial score (nSPS) is 28.6. The molecule has 2 amide bonds. The minimum absolute atomic E-state index is 0.104. The minimum Gasteiger partial charge on any atom is -0.468 e. The van der Waals surface area contributed by atoms with Crippen molar-refractivity contribution >= 4 is 23.5 Å². The highest BCUT2D eigenvalue weighted by Crippen LogP contribution is 2.50. The van der Waals surface area contributed by atoms with Gasteiger partial charge >= 0.3 is 5.97 Å². The van der Waals surface area contributed by atoms with E-state index < -0.39 is 47.0 Å². The summed E-state index contributed by atoms with van der Waals surface area (Å²) in [4.78, 5) is 40.3. The number of ether oxygens (including phenoxy) is 1. The van der Waals surface area contributed by atoms with Gasteiger partial charge in [-0.2, -0.15) is 0 Å². The zero-order chi connectivity index (χ0) is 20.9. The van der Waals surface area contributed by atoms with Crippen LogP contribution >= 0.6 is 0 Å². The number of esters is 1. The number of carbonyl (C=O) groups excluding carboxylic acids is 3. The summed E-state index contributed by atoms with van der Waals surface area (Å²) < 4.78 is 19.4. The van der Waals surface area contributed by atoms with Gasteiger partial charge in [-0.1, -0.05) is 36.4 Å². The van der Waals surface area contributed by atoms with Crippen molar-refractivity contribution in [2.75, 3.05) is 12.0 Å². The lowest BCUT2D eigenvalue weighted by Crippen LogP contribution is -2.54. The molecule has 29 heavy (non-hydrogen) atoms. The van der Waals surface area contributed by atoms with E-state index >= 15 is 0 Å². The minimum atomic E-state index is -1.42. The van der Waals surface area contributed by atoms with Gasteiger partial charge in [0.2, 0.25) is 11.8 Å². The molecule has 150 valence electrons. The van der Waals surface area contributed by atoms with Crippen LogP contribution in [0.1, 0.15) is 24.1 Å². The number of hydrogen-bond acceptors (Lipinski definition) is 5. The first-order chi connectivity index (χ1) is 13.8. The quantitative estimate of drug-likeness (QED) is 0.637. The molecule has 2 aromatic rings. The Kier molecular flexibility index (Phi) is 4.50. The van der Waals surface area contributed by atoms with Crippen LogP contribution in [0.5, 0.6) is 0 Å². The summed E-state index contributed by atoms with van der Waals surface area (Å²) in [5.41, 5.74) is 0.209. The summed E-state index contributed by atoms with van der Waals surface area (Å²) in [7, 11) is 1.24. The molecule has 0 aliphatic carbocycles. The third-order valence-corrected chi connectivity index (χ3v) is 6.01. The fourth-order valence-corrected chi connectivity index (χ4v) is 4.61. The number of amides is 2. The molecule has 0 radical (unpaired) electrons. The topological polar surface area (TPSA) is 75.7 Å². The van der Waals surface area contributed by atoms with Gasteiger partial charge in [0.05, 0.1) is 24.6 Å². The molecule has 2 fully saturated rings. The molecule has 0 unspecified atom stereocenters. The van der Waals surface area contributed by atoms with Crippen molar-refractivity contribution in [2.24, 2.45) is 11.8 Å². The summed E-state index contributed by atoms with van der Waals surface area (Å²) in [5.74, 6) is -4.31. The molecular formula is C22H21FN2O4. The number of hydrogen-bond donors (Lipinski definition) is 1. The Morgan fingerprint density at radius 1 is 1.10 bits per heavy atom. The van der Waals surface area contributed by atoms with Crippen molar-refractivity contribution in [2.45, 2.75) is 25.4 Å². The number of nitrogens with one attached hydrogen (secondary N) is 1. The first-order valence-corrected chi connectivity index (χ1v) is 9.35. The van der Waals surface area contributed by atoms with E-state index in [9.17, 15) is 18.8 Å². The second-order valence-electron chi connectivity index (χ2n) is 7.64. The molecule has 2 saturated heterocycles. The van der Waals surface area contributed by atoms with Gasteiger partial charge in [-0.05, 0) is 37.1 Å². The number of imide groups is 1. The van der Waals surface area contributed by atoms with Gasteiger partial charge in [0.1, 0.15) is 11.4 Å².